The molecule has 2 aromatic carbocycles. The van der Waals surface area contributed by atoms with Crippen molar-refractivity contribution >= 4 is 27.5 Å². The number of hydrogen-bond donors (Lipinski definition) is 1. The van der Waals surface area contributed by atoms with Crippen LogP contribution in [0, 0.1) is 6.92 Å². The fraction of sp³-hybridized carbons (Fsp3) is 0.364. The van der Waals surface area contributed by atoms with E-state index in [1.54, 1.807) is 12.1 Å². The van der Waals surface area contributed by atoms with Gasteiger partial charge in [-0.05, 0) is 56.0 Å². The second kappa shape index (κ2) is 7.63. The van der Waals surface area contributed by atoms with Crippen molar-refractivity contribution in [2.75, 3.05) is 11.4 Å². The minimum atomic E-state index is -3.81. The second-order valence-electron chi connectivity index (χ2n) is 7.68. The van der Waals surface area contributed by atoms with Gasteiger partial charge in [-0.1, -0.05) is 30.7 Å². The molecular weight excluding hydrogens is 386 g/mol. The number of aryl methyl sites for hydroxylation is 1. The highest BCUT2D eigenvalue weighted by Crippen LogP contribution is 2.35. The van der Waals surface area contributed by atoms with Gasteiger partial charge in [-0.2, -0.15) is 8.42 Å². The number of amides is 1. The summed E-state index contributed by atoms with van der Waals surface area (Å²) in [4.78, 5) is 14.9. The van der Waals surface area contributed by atoms with E-state index >= 15 is 0 Å². The molecule has 6 nitrogen and oxygen atoms in total. The third kappa shape index (κ3) is 3.79. The van der Waals surface area contributed by atoms with E-state index in [0.29, 0.717) is 23.5 Å². The second-order valence-corrected chi connectivity index (χ2v) is 9.25. The molecule has 4 rings (SSSR count). The van der Waals surface area contributed by atoms with Crippen LogP contribution in [-0.2, 0) is 10.0 Å². The van der Waals surface area contributed by atoms with Gasteiger partial charge in [0.1, 0.15) is 10.7 Å². The fourth-order valence-corrected chi connectivity index (χ4v) is 5.34. The van der Waals surface area contributed by atoms with Crippen LogP contribution in [0.3, 0.4) is 0 Å². The summed E-state index contributed by atoms with van der Waals surface area (Å²) in [6.07, 6.45) is 3.66. The van der Waals surface area contributed by atoms with Crippen molar-refractivity contribution in [3.05, 3.63) is 59.2 Å². The van der Waals surface area contributed by atoms with E-state index in [-0.39, 0.29) is 16.8 Å². The monoisotopic (exact) mass is 411 g/mol. The molecule has 7 heteroatoms. The molecule has 1 amide bonds. The highest BCUT2D eigenvalue weighted by atomic mass is 32.2. The van der Waals surface area contributed by atoms with Crippen LogP contribution in [0.25, 0.3) is 0 Å². The van der Waals surface area contributed by atoms with E-state index < -0.39 is 10.0 Å². The number of rotatable bonds is 3. The molecule has 0 saturated carbocycles. The Hall–Kier alpha value is -2.67. The van der Waals surface area contributed by atoms with Crippen LogP contribution in [0.2, 0.25) is 0 Å². The Labute approximate surface area is 171 Å². The zero-order valence-electron chi connectivity index (χ0n) is 16.7. The van der Waals surface area contributed by atoms with Crippen molar-refractivity contribution in [2.24, 2.45) is 4.40 Å². The molecule has 1 N–H and O–H groups in total. The number of anilines is 1. The summed E-state index contributed by atoms with van der Waals surface area (Å²) in [6.45, 7) is 4.67. The van der Waals surface area contributed by atoms with Crippen molar-refractivity contribution in [3.63, 3.8) is 0 Å². The van der Waals surface area contributed by atoms with Crippen molar-refractivity contribution < 1.29 is 13.2 Å². The van der Waals surface area contributed by atoms with E-state index in [2.05, 4.69) is 9.71 Å². The number of carbonyl (C=O) groups excluding carboxylic acids is 1. The lowest BCUT2D eigenvalue weighted by molar-refractivity contribution is 0.0939. The van der Waals surface area contributed by atoms with Crippen molar-refractivity contribution in [1.29, 1.82) is 0 Å². The predicted octanol–water partition coefficient (Wildman–Crippen LogP) is 3.97. The van der Waals surface area contributed by atoms with Gasteiger partial charge in [0.05, 0.1) is 11.7 Å². The maximum atomic E-state index is 12.8. The minimum absolute atomic E-state index is 0.111. The topological polar surface area (TPSA) is 78.8 Å². The first-order chi connectivity index (χ1) is 13.9. The van der Waals surface area contributed by atoms with Crippen LogP contribution >= 0.6 is 0 Å². The Morgan fingerprint density at radius 2 is 1.93 bits per heavy atom. The van der Waals surface area contributed by atoms with Gasteiger partial charge in [-0.15, -0.1) is 4.40 Å². The van der Waals surface area contributed by atoms with Crippen LogP contribution in [0.15, 0.2) is 51.8 Å². The van der Waals surface area contributed by atoms with E-state index in [1.807, 2.05) is 43.0 Å². The molecule has 2 aliphatic heterocycles. The molecule has 0 aromatic heterocycles. The number of sulfonamides is 1. The van der Waals surface area contributed by atoms with Crippen molar-refractivity contribution in [2.45, 2.75) is 50.5 Å². The summed E-state index contributed by atoms with van der Waals surface area (Å²) in [5.74, 6) is 0.310. The number of carbonyl (C=O) groups is 1. The average molecular weight is 412 g/mol. The summed E-state index contributed by atoms with van der Waals surface area (Å²) in [7, 11) is -3.81. The third-order valence-corrected chi connectivity index (χ3v) is 6.95. The predicted molar refractivity (Wildman–Crippen MR) is 114 cm³/mol. The lowest BCUT2D eigenvalue weighted by Gasteiger charge is -2.29. The Morgan fingerprint density at radius 1 is 1.14 bits per heavy atom. The summed E-state index contributed by atoms with van der Waals surface area (Å²) in [5, 5.41) is 2.97. The van der Waals surface area contributed by atoms with Gasteiger partial charge in [0.15, 0.2) is 0 Å². The third-order valence-electron chi connectivity index (χ3n) is 5.61. The Balaban J connectivity index is 1.64. The summed E-state index contributed by atoms with van der Waals surface area (Å²) in [6, 6.07) is 12.6. The van der Waals surface area contributed by atoms with Crippen LogP contribution < -0.4 is 10.2 Å². The van der Waals surface area contributed by atoms with E-state index in [1.165, 1.54) is 6.07 Å². The summed E-state index contributed by atoms with van der Waals surface area (Å²) < 4.78 is 29.6. The molecule has 1 saturated heterocycles. The quantitative estimate of drug-likeness (QED) is 0.829. The molecular formula is C22H25N3O3S. The van der Waals surface area contributed by atoms with Crippen LogP contribution in [0.4, 0.5) is 5.69 Å². The summed E-state index contributed by atoms with van der Waals surface area (Å²) in [5.41, 5.74) is 3.07. The SMILES string of the molecule is Cc1ccccc1[C@@H](C)NC(=O)c1ccc2c(c1)S(=O)(=O)N=C1CCCCCN12. The van der Waals surface area contributed by atoms with Crippen molar-refractivity contribution in [3.8, 4) is 0 Å². The van der Waals surface area contributed by atoms with Crippen LogP contribution in [0.5, 0.6) is 0 Å². The van der Waals surface area contributed by atoms with Crippen LogP contribution in [-0.4, -0.2) is 26.7 Å². The first-order valence-corrected chi connectivity index (χ1v) is 11.4. The molecule has 0 aliphatic carbocycles. The molecule has 2 aromatic rings. The van der Waals surface area contributed by atoms with E-state index in [4.69, 9.17) is 0 Å². The molecule has 152 valence electrons. The molecule has 29 heavy (non-hydrogen) atoms. The largest absolute Gasteiger partial charge is 0.346 e. The highest BCUT2D eigenvalue weighted by Gasteiger charge is 2.32. The Bertz CT molecular complexity index is 1090. The zero-order valence-corrected chi connectivity index (χ0v) is 17.5. The first-order valence-electron chi connectivity index (χ1n) is 9.98. The van der Waals surface area contributed by atoms with Gasteiger partial charge >= 0.3 is 0 Å². The molecule has 0 bridgehead atoms. The number of fused-ring (bicyclic) bond motifs is 3. The number of benzene rings is 2. The lowest BCUT2D eigenvalue weighted by atomic mass is 10.0. The average Bonchev–Trinajstić information content (AvgIpc) is 2.92. The van der Waals surface area contributed by atoms with Gasteiger partial charge in [0, 0.05) is 18.5 Å². The Kier molecular flexibility index (Phi) is 5.17. The van der Waals surface area contributed by atoms with Gasteiger partial charge in [0.25, 0.3) is 15.9 Å². The first kappa shape index (κ1) is 19.6. The Morgan fingerprint density at radius 3 is 2.72 bits per heavy atom. The standard InChI is InChI=1S/C22H25N3O3S/c1-15-8-5-6-9-18(15)16(2)23-22(26)17-11-12-19-20(14-17)29(27,28)24-21-10-4-3-7-13-25(19)21/h5-6,8-9,11-12,14,16H,3-4,7,10,13H2,1-2H3,(H,23,26)/t16-/m1/s1. The smallest absolute Gasteiger partial charge is 0.286 e. The van der Waals surface area contributed by atoms with Gasteiger partial charge < -0.3 is 10.2 Å². The molecule has 0 spiro atoms. The van der Waals surface area contributed by atoms with Gasteiger partial charge in [-0.3, -0.25) is 4.79 Å². The number of nitrogens with one attached hydrogen (secondary N) is 1. The highest BCUT2D eigenvalue weighted by molar-refractivity contribution is 7.90. The maximum Gasteiger partial charge on any atom is 0.286 e. The number of nitrogens with zero attached hydrogens (tertiary/aromatic N) is 2. The van der Waals surface area contributed by atoms with Gasteiger partial charge in [-0.25, -0.2) is 0 Å². The normalized spacial score (nSPS) is 18.7. The zero-order chi connectivity index (χ0) is 20.6. The summed E-state index contributed by atoms with van der Waals surface area (Å²) >= 11 is 0. The number of amidine groups is 1. The maximum absolute atomic E-state index is 12.8. The molecule has 1 atom stereocenters. The minimum Gasteiger partial charge on any atom is -0.346 e. The van der Waals surface area contributed by atoms with E-state index in [0.717, 1.165) is 36.9 Å². The molecule has 2 aliphatic rings. The van der Waals surface area contributed by atoms with E-state index in [9.17, 15) is 13.2 Å². The van der Waals surface area contributed by atoms with Gasteiger partial charge in [0.2, 0.25) is 0 Å². The fourth-order valence-electron chi connectivity index (χ4n) is 4.05. The van der Waals surface area contributed by atoms with Crippen molar-refractivity contribution in [1.82, 2.24) is 5.32 Å². The molecule has 2 heterocycles. The molecule has 0 radical (unpaired) electrons. The van der Waals surface area contributed by atoms with Crippen LogP contribution in [0.1, 0.15) is 60.1 Å². The molecule has 0 unspecified atom stereocenters. The lowest BCUT2D eigenvalue weighted by Crippen LogP contribution is -2.35. The molecule has 1 fully saturated rings. The number of hydrogen-bond acceptors (Lipinski definition) is 4.